The van der Waals surface area contributed by atoms with E-state index in [1.54, 1.807) is 18.2 Å². The van der Waals surface area contributed by atoms with E-state index >= 15 is 0 Å². The fourth-order valence-corrected chi connectivity index (χ4v) is 2.81. The lowest BCUT2D eigenvalue weighted by molar-refractivity contribution is -0.139. The van der Waals surface area contributed by atoms with Crippen LogP contribution in [0.15, 0.2) is 77.2 Å². The van der Waals surface area contributed by atoms with Crippen LogP contribution >= 0.6 is 0 Å². The summed E-state index contributed by atoms with van der Waals surface area (Å²) in [5.74, 6) is 0.0247. The van der Waals surface area contributed by atoms with Gasteiger partial charge in [0.1, 0.15) is 11.3 Å². The van der Waals surface area contributed by atoms with Gasteiger partial charge in [-0.15, -0.1) is 0 Å². The fourth-order valence-electron chi connectivity index (χ4n) is 2.81. The van der Waals surface area contributed by atoms with Gasteiger partial charge in [0.2, 0.25) is 5.89 Å². The first-order valence-electron chi connectivity index (χ1n) is 8.76. The van der Waals surface area contributed by atoms with Crippen LogP contribution in [0.5, 0.6) is 5.75 Å². The lowest BCUT2D eigenvalue weighted by Gasteiger charge is -2.02. The average molecular weight is 371 g/mol. The molecule has 0 saturated heterocycles. The van der Waals surface area contributed by atoms with Crippen molar-refractivity contribution in [3.63, 3.8) is 0 Å². The first-order valence-corrected chi connectivity index (χ1v) is 8.76. The number of oxazole rings is 1. The van der Waals surface area contributed by atoms with E-state index in [0.717, 1.165) is 27.8 Å². The van der Waals surface area contributed by atoms with Crippen LogP contribution in [0, 0.1) is 0 Å². The molecule has 0 amide bonds. The number of carboxylic acid groups (broad SMARTS) is 1. The van der Waals surface area contributed by atoms with Crippen molar-refractivity contribution in [3.8, 4) is 16.9 Å². The summed E-state index contributed by atoms with van der Waals surface area (Å²) in [5, 5.41) is 8.63. The smallest absolute Gasteiger partial charge is 0.341 e. The second kappa shape index (κ2) is 7.80. The minimum atomic E-state index is -1.00. The van der Waals surface area contributed by atoms with Gasteiger partial charge in [0.05, 0.1) is 0 Å². The summed E-state index contributed by atoms with van der Waals surface area (Å²) in [6.45, 7) is -0.358. The lowest BCUT2D eigenvalue weighted by atomic mass is 10.1. The van der Waals surface area contributed by atoms with E-state index in [0.29, 0.717) is 11.6 Å². The highest BCUT2D eigenvalue weighted by Crippen LogP contribution is 2.25. The molecule has 0 atom stereocenters. The zero-order chi connectivity index (χ0) is 19.3. The molecule has 0 fully saturated rings. The number of ether oxygens (including phenoxy) is 1. The molecule has 0 unspecified atom stereocenters. The van der Waals surface area contributed by atoms with Crippen molar-refractivity contribution >= 4 is 29.2 Å². The Morgan fingerprint density at radius 2 is 1.75 bits per heavy atom. The second-order valence-electron chi connectivity index (χ2n) is 6.19. The van der Waals surface area contributed by atoms with Crippen molar-refractivity contribution in [1.29, 1.82) is 0 Å². The van der Waals surface area contributed by atoms with Crippen LogP contribution in [-0.2, 0) is 4.79 Å². The predicted molar refractivity (Wildman–Crippen MR) is 108 cm³/mol. The summed E-state index contributed by atoms with van der Waals surface area (Å²) in [6.07, 6.45) is 3.68. The Kier molecular flexibility index (Phi) is 4.89. The quantitative estimate of drug-likeness (QED) is 0.509. The van der Waals surface area contributed by atoms with Crippen molar-refractivity contribution in [1.82, 2.24) is 4.98 Å². The molecule has 4 rings (SSSR count). The number of hydrogen-bond acceptors (Lipinski definition) is 4. The highest BCUT2D eigenvalue weighted by molar-refractivity contribution is 5.82. The molecular formula is C23H17NO4. The van der Waals surface area contributed by atoms with Crippen LogP contribution in [-0.4, -0.2) is 22.7 Å². The predicted octanol–water partition coefficient (Wildman–Crippen LogP) is 5.13. The Balaban J connectivity index is 1.50. The van der Waals surface area contributed by atoms with Crippen molar-refractivity contribution in [2.24, 2.45) is 0 Å². The zero-order valence-electron chi connectivity index (χ0n) is 14.9. The molecule has 4 aromatic rings. The number of carbonyl (C=O) groups is 1. The van der Waals surface area contributed by atoms with Gasteiger partial charge in [-0.3, -0.25) is 0 Å². The summed E-state index contributed by atoms with van der Waals surface area (Å²) in [5.41, 5.74) is 4.69. The van der Waals surface area contributed by atoms with Gasteiger partial charge < -0.3 is 14.3 Å². The summed E-state index contributed by atoms with van der Waals surface area (Å²) in [4.78, 5) is 15.1. The summed E-state index contributed by atoms with van der Waals surface area (Å²) < 4.78 is 10.9. The molecule has 0 spiro atoms. The number of rotatable bonds is 6. The number of fused-ring (bicyclic) bond motifs is 1. The molecule has 0 radical (unpaired) electrons. The average Bonchev–Trinajstić information content (AvgIpc) is 3.14. The minimum absolute atomic E-state index is 0.358. The monoisotopic (exact) mass is 371 g/mol. The third-order valence-corrected chi connectivity index (χ3v) is 4.17. The Morgan fingerprint density at radius 1 is 0.964 bits per heavy atom. The molecule has 1 heterocycles. The highest BCUT2D eigenvalue weighted by atomic mass is 16.5. The summed E-state index contributed by atoms with van der Waals surface area (Å²) in [6, 6.07) is 23.2. The van der Waals surface area contributed by atoms with E-state index in [4.69, 9.17) is 14.3 Å². The van der Waals surface area contributed by atoms with Gasteiger partial charge >= 0.3 is 5.97 Å². The maximum Gasteiger partial charge on any atom is 0.341 e. The number of aliphatic carboxylic acids is 1. The van der Waals surface area contributed by atoms with Crippen molar-refractivity contribution in [2.75, 3.05) is 6.61 Å². The first-order chi connectivity index (χ1) is 13.7. The van der Waals surface area contributed by atoms with Crippen LogP contribution in [0.1, 0.15) is 11.5 Å². The molecule has 1 aromatic heterocycles. The third kappa shape index (κ3) is 4.10. The maximum absolute atomic E-state index is 10.5. The van der Waals surface area contributed by atoms with Crippen LogP contribution in [0.2, 0.25) is 0 Å². The normalized spacial score (nSPS) is 11.1. The number of carboxylic acids is 1. The molecule has 5 nitrogen and oxygen atoms in total. The molecular weight excluding hydrogens is 354 g/mol. The summed E-state index contributed by atoms with van der Waals surface area (Å²) in [7, 11) is 0. The Hall–Kier alpha value is -3.86. The lowest BCUT2D eigenvalue weighted by Crippen LogP contribution is -2.09. The molecule has 0 bridgehead atoms. The van der Waals surface area contributed by atoms with Crippen LogP contribution in [0.3, 0.4) is 0 Å². The number of aromatic nitrogens is 1. The topological polar surface area (TPSA) is 72.6 Å². The SMILES string of the molecule is O=C(O)COc1ccc(C=Cc2nc3cc(-c4ccccc4)ccc3o2)cc1. The molecule has 138 valence electrons. The van der Waals surface area contributed by atoms with Crippen molar-refractivity contribution in [3.05, 3.63) is 84.3 Å². The Bertz CT molecular complexity index is 1130. The molecule has 1 N–H and O–H groups in total. The van der Waals surface area contributed by atoms with E-state index in [2.05, 4.69) is 17.1 Å². The van der Waals surface area contributed by atoms with Gasteiger partial charge in [-0.25, -0.2) is 9.78 Å². The molecule has 28 heavy (non-hydrogen) atoms. The molecule has 0 aliphatic carbocycles. The number of nitrogens with zero attached hydrogens (tertiary/aromatic N) is 1. The van der Waals surface area contributed by atoms with Gasteiger partial charge in [0, 0.05) is 6.08 Å². The van der Waals surface area contributed by atoms with E-state index in [9.17, 15) is 4.79 Å². The molecule has 0 aliphatic rings. The van der Waals surface area contributed by atoms with Crippen molar-refractivity contribution in [2.45, 2.75) is 0 Å². The first kappa shape index (κ1) is 17.5. The van der Waals surface area contributed by atoms with Gasteiger partial charge in [-0.2, -0.15) is 0 Å². The van der Waals surface area contributed by atoms with Gasteiger partial charge in [-0.1, -0.05) is 48.5 Å². The van der Waals surface area contributed by atoms with Crippen LogP contribution < -0.4 is 4.74 Å². The minimum Gasteiger partial charge on any atom is -0.482 e. The van der Waals surface area contributed by atoms with Crippen molar-refractivity contribution < 1.29 is 19.1 Å². The van der Waals surface area contributed by atoms with Gasteiger partial charge in [0.25, 0.3) is 0 Å². The maximum atomic E-state index is 10.5. The van der Waals surface area contributed by atoms with E-state index in [1.807, 2.05) is 54.6 Å². The fraction of sp³-hybridized carbons (Fsp3) is 0.0435. The van der Waals surface area contributed by atoms with E-state index in [1.165, 1.54) is 0 Å². The number of benzene rings is 3. The summed E-state index contributed by atoms with van der Waals surface area (Å²) >= 11 is 0. The third-order valence-electron chi connectivity index (χ3n) is 4.17. The molecule has 0 aliphatic heterocycles. The molecule has 5 heteroatoms. The molecule has 3 aromatic carbocycles. The van der Waals surface area contributed by atoms with Crippen LogP contribution in [0.25, 0.3) is 34.4 Å². The van der Waals surface area contributed by atoms with Gasteiger partial charge in [-0.05, 0) is 47.0 Å². The Morgan fingerprint density at radius 3 is 2.50 bits per heavy atom. The Labute approximate surface area is 161 Å². The molecule has 0 saturated carbocycles. The standard InChI is InChI=1S/C23H17NO4/c25-23(26)15-27-19-10-6-16(7-11-19)8-13-22-24-20-14-18(9-12-21(20)28-22)17-4-2-1-3-5-17/h1-14H,15H2,(H,25,26). The largest absolute Gasteiger partial charge is 0.482 e. The number of hydrogen-bond donors (Lipinski definition) is 1. The van der Waals surface area contributed by atoms with E-state index in [-0.39, 0.29) is 6.61 Å². The van der Waals surface area contributed by atoms with Crippen LogP contribution in [0.4, 0.5) is 0 Å². The highest BCUT2D eigenvalue weighted by Gasteiger charge is 2.06. The zero-order valence-corrected chi connectivity index (χ0v) is 14.9. The van der Waals surface area contributed by atoms with Gasteiger partial charge in [0.15, 0.2) is 12.2 Å². The van der Waals surface area contributed by atoms with E-state index < -0.39 is 5.97 Å². The second-order valence-corrected chi connectivity index (χ2v) is 6.19.